The Morgan fingerprint density at radius 1 is 1.04 bits per heavy atom. The largest absolute Gasteiger partial charge is 0.497 e. The number of rotatable bonds is 4. The molecule has 26 heavy (non-hydrogen) atoms. The molecule has 3 rings (SSSR count). The Morgan fingerprint density at radius 2 is 1.81 bits per heavy atom. The third-order valence-corrected chi connectivity index (χ3v) is 4.98. The monoisotopic (exact) mass is 391 g/mol. The normalized spacial score (nSPS) is 14.1. The molecule has 1 saturated heterocycles. The first-order valence-electron chi connectivity index (χ1n) is 8.39. The number of hydrogen-bond donors (Lipinski definition) is 1. The van der Waals surface area contributed by atoms with Crippen LogP contribution in [0.5, 0.6) is 11.5 Å². The second-order valence-electron chi connectivity index (χ2n) is 5.95. The maximum atomic E-state index is 6.09. The van der Waals surface area contributed by atoms with E-state index in [1.807, 2.05) is 24.3 Å². The number of anilines is 2. The van der Waals surface area contributed by atoms with E-state index in [2.05, 4.69) is 27.2 Å². The van der Waals surface area contributed by atoms with Crippen LogP contribution in [0.1, 0.15) is 0 Å². The molecule has 0 radical (unpaired) electrons. The van der Waals surface area contributed by atoms with Crippen LogP contribution in [0.4, 0.5) is 11.4 Å². The Labute approximate surface area is 164 Å². The summed E-state index contributed by atoms with van der Waals surface area (Å²) < 4.78 is 10.7. The first-order chi connectivity index (χ1) is 12.6. The summed E-state index contributed by atoms with van der Waals surface area (Å²) in [7, 11) is 3.32. The maximum absolute atomic E-state index is 6.09. The molecule has 1 aliphatic heterocycles. The third-order valence-electron chi connectivity index (χ3n) is 4.39. The molecular weight excluding hydrogens is 370 g/mol. The van der Waals surface area contributed by atoms with Gasteiger partial charge in [0, 0.05) is 43.0 Å². The predicted octanol–water partition coefficient (Wildman–Crippen LogP) is 3.88. The van der Waals surface area contributed by atoms with E-state index in [0.29, 0.717) is 15.9 Å². The molecule has 7 heteroatoms. The molecule has 5 nitrogen and oxygen atoms in total. The fourth-order valence-corrected chi connectivity index (χ4v) is 3.41. The number of thiocarbonyl (C=S) groups is 1. The minimum atomic E-state index is 0.638. The highest BCUT2D eigenvalue weighted by Gasteiger charge is 2.20. The van der Waals surface area contributed by atoms with E-state index in [1.54, 1.807) is 20.3 Å². The van der Waals surface area contributed by atoms with E-state index in [4.69, 9.17) is 33.3 Å². The van der Waals surface area contributed by atoms with Gasteiger partial charge in [-0.1, -0.05) is 17.7 Å². The number of methoxy groups -OCH3 is 2. The molecule has 1 heterocycles. The molecule has 0 spiro atoms. The van der Waals surface area contributed by atoms with Crippen molar-refractivity contribution in [1.29, 1.82) is 0 Å². The molecule has 1 fully saturated rings. The lowest BCUT2D eigenvalue weighted by Crippen LogP contribution is -2.50. The molecule has 2 aromatic rings. The highest BCUT2D eigenvalue weighted by atomic mass is 35.5. The van der Waals surface area contributed by atoms with Gasteiger partial charge in [-0.15, -0.1) is 0 Å². The van der Waals surface area contributed by atoms with E-state index in [0.717, 1.165) is 37.6 Å². The highest BCUT2D eigenvalue weighted by molar-refractivity contribution is 7.80. The molecule has 0 atom stereocenters. The molecule has 0 saturated carbocycles. The Balaban J connectivity index is 1.61. The number of piperazine rings is 1. The van der Waals surface area contributed by atoms with Crippen LogP contribution in [0.3, 0.4) is 0 Å². The van der Waals surface area contributed by atoms with Crippen molar-refractivity contribution >= 4 is 40.3 Å². The molecule has 138 valence electrons. The van der Waals surface area contributed by atoms with Crippen LogP contribution in [0, 0.1) is 0 Å². The lowest BCUT2D eigenvalue weighted by atomic mass is 10.2. The summed E-state index contributed by atoms with van der Waals surface area (Å²) in [4.78, 5) is 4.49. The van der Waals surface area contributed by atoms with Gasteiger partial charge in [-0.2, -0.15) is 0 Å². The van der Waals surface area contributed by atoms with Crippen LogP contribution in [-0.4, -0.2) is 50.4 Å². The van der Waals surface area contributed by atoms with E-state index in [1.165, 1.54) is 5.69 Å². The number of ether oxygens (including phenoxy) is 2. The van der Waals surface area contributed by atoms with Crippen molar-refractivity contribution < 1.29 is 9.47 Å². The topological polar surface area (TPSA) is 37.0 Å². The van der Waals surface area contributed by atoms with Gasteiger partial charge >= 0.3 is 0 Å². The van der Waals surface area contributed by atoms with Crippen LogP contribution >= 0.6 is 23.8 Å². The zero-order chi connectivity index (χ0) is 18.5. The fourth-order valence-electron chi connectivity index (χ4n) is 2.95. The van der Waals surface area contributed by atoms with Crippen LogP contribution in [0.2, 0.25) is 5.02 Å². The van der Waals surface area contributed by atoms with E-state index >= 15 is 0 Å². The Kier molecular flexibility index (Phi) is 6.06. The minimum absolute atomic E-state index is 0.638. The molecular formula is C19H22ClN3O2S. The van der Waals surface area contributed by atoms with Crippen molar-refractivity contribution in [2.45, 2.75) is 0 Å². The average Bonchev–Trinajstić information content (AvgIpc) is 2.68. The lowest BCUT2D eigenvalue weighted by Gasteiger charge is -2.37. The Bertz CT molecular complexity index is 779. The van der Waals surface area contributed by atoms with Crippen LogP contribution in [-0.2, 0) is 0 Å². The van der Waals surface area contributed by atoms with E-state index in [-0.39, 0.29) is 0 Å². The van der Waals surface area contributed by atoms with Crippen LogP contribution in [0.25, 0.3) is 0 Å². The van der Waals surface area contributed by atoms with Crippen LogP contribution < -0.4 is 19.7 Å². The SMILES string of the molecule is COc1cccc(N2CCN(C(=S)Nc3cc(Cl)ccc3OC)CC2)c1. The van der Waals surface area contributed by atoms with Gasteiger partial charge in [0.25, 0.3) is 0 Å². The molecule has 0 unspecified atom stereocenters. The van der Waals surface area contributed by atoms with Gasteiger partial charge in [0.05, 0.1) is 19.9 Å². The summed E-state index contributed by atoms with van der Waals surface area (Å²) in [5.41, 5.74) is 1.94. The first kappa shape index (κ1) is 18.6. The van der Waals surface area contributed by atoms with Gasteiger partial charge in [0.2, 0.25) is 0 Å². The Hall–Kier alpha value is -2.18. The van der Waals surface area contributed by atoms with Gasteiger partial charge in [0.1, 0.15) is 11.5 Å². The van der Waals surface area contributed by atoms with Gasteiger partial charge in [-0.3, -0.25) is 0 Å². The predicted molar refractivity (Wildman–Crippen MR) is 111 cm³/mol. The number of nitrogens with one attached hydrogen (secondary N) is 1. The van der Waals surface area contributed by atoms with Gasteiger partial charge in [-0.05, 0) is 42.5 Å². The summed E-state index contributed by atoms with van der Waals surface area (Å²) in [6.45, 7) is 3.46. The van der Waals surface area contributed by atoms with Crippen LogP contribution in [0.15, 0.2) is 42.5 Å². The van der Waals surface area contributed by atoms with Gasteiger partial charge in [-0.25, -0.2) is 0 Å². The zero-order valence-corrected chi connectivity index (χ0v) is 16.4. The first-order valence-corrected chi connectivity index (χ1v) is 9.18. The molecule has 1 N–H and O–H groups in total. The summed E-state index contributed by atoms with van der Waals surface area (Å²) in [6, 6.07) is 13.6. The summed E-state index contributed by atoms with van der Waals surface area (Å²) in [6.07, 6.45) is 0. The second kappa shape index (κ2) is 8.47. The molecule has 0 aromatic heterocycles. The standard InChI is InChI=1S/C19H22ClN3O2S/c1-24-16-5-3-4-15(13-16)22-8-10-23(11-9-22)19(26)21-17-12-14(20)6-7-18(17)25-2/h3-7,12-13H,8-11H2,1-2H3,(H,21,26). The fraction of sp³-hybridized carbons (Fsp3) is 0.316. The van der Waals surface area contributed by atoms with Crippen molar-refractivity contribution in [2.24, 2.45) is 0 Å². The van der Waals surface area contributed by atoms with E-state index < -0.39 is 0 Å². The van der Waals surface area contributed by atoms with Gasteiger partial charge in [0.15, 0.2) is 5.11 Å². The molecule has 2 aromatic carbocycles. The van der Waals surface area contributed by atoms with E-state index in [9.17, 15) is 0 Å². The summed E-state index contributed by atoms with van der Waals surface area (Å²) in [5, 5.41) is 4.57. The molecule has 0 amide bonds. The quantitative estimate of drug-likeness (QED) is 0.797. The third kappa shape index (κ3) is 4.31. The van der Waals surface area contributed by atoms with Crippen molar-refractivity contribution in [3.05, 3.63) is 47.5 Å². The highest BCUT2D eigenvalue weighted by Crippen LogP contribution is 2.28. The van der Waals surface area contributed by atoms with Crippen molar-refractivity contribution in [3.63, 3.8) is 0 Å². The lowest BCUT2D eigenvalue weighted by molar-refractivity contribution is 0.389. The minimum Gasteiger partial charge on any atom is -0.497 e. The Morgan fingerprint density at radius 3 is 2.50 bits per heavy atom. The van der Waals surface area contributed by atoms with Crippen molar-refractivity contribution in [1.82, 2.24) is 4.90 Å². The molecule has 0 bridgehead atoms. The second-order valence-corrected chi connectivity index (χ2v) is 6.77. The molecule has 0 aliphatic carbocycles. The van der Waals surface area contributed by atoms with Gasteiger partial charge < -0.3 is 24.6 Å². The molecule has 1 aliphatic rings. The number of halogens is 1. The van der Waals surface area contributed by atoms with Crippen molar-refractivity contribution in [2.75, 3.05) is 50.6 Å². The summed E-state index contributed by atoms with van der Waals surface area (Å²) >= 11 is 11.7. The maximum Gasteiger partial charge on any atom is 0.173 e. The average molecular weight is 392 g/mol. The number of hydrogen-bond acceptors (Lipinski definition) is 4. The number of nitrogens with zero attached hydrogens (tertiary/aromatic N) is 2. The van der Waals surface area contributed by atoms with Crippen molar-refractivity contribution in [3.8, 4) is 11.5 Å². The smallest absolute Gasteiger partial charge is 0.173 e. The number of benzene rings is 2. The summed E-state index contributed by atoms with van der Waals surface area (Å²) in [5.74, 6) is 1.59. The zero-order valence-electron chi connectivity index (χ0n) is 14.9.